The Morgan fingerprint density at radius 2 is 1.67 bits per heavy atom. The first kappa shape index (κ1) is 19.9. The number of carbonyl (C=O) groups excluding carboxylic acids is 1. The number of hydrogen-bond acceptors (Lipinski definition) is 2. The summed E-state index contributed by atoms with van der Waals surface area (Å²) >= 11 is 6.00. The highest BCUT2D eigenvalue weighted by molar-refractivity contribution is 6.30. The van der Waals surface area contributed by atoms with E-state index in [1.807, 2.05) is 37.3 Å². The number of rotatable bonds is 5. The number of nitrogens with one attached hydrogen (secondary N) is 1. The Kier molecular flexibility index (Phi) is 5.63. The number of carbonyl (C=O) groups is 1. The number of aromatic nitrogens is 2. The van der Waals surface area contributed by atoms with E-state index in [1.54, 1.807) is 48.5 Å². The summed E-state index contributed by atoms with van der Waals surface area (Å²) in [6, 6.07) is 24.4. The predicted molar refractivity (Wildman–Crippen MR) is 116 cm³/mol. The Labute approximate surface area is 178 Å². The smallest absolute Gasteiger partial charge is 0.270 e. The summed E-state index contributed by atoms with van der Waals surface area (Å²) in [5, 5.41) is 8.08. The molecule has 30 heavy (non-hydrogen) atoms. The van der Waals surface area contributed by atoms with Crippen LogP contribution in [-0.4, -0.2) is 15.7 Å². The molecule has 1 N–H and O–H groups in total. The molecule has 0 saturated carbocycles. The number of nitrogens with zero attached hydrogens (tertiary/aromatic N) is 2. The molecule has 1 atom stereocenters. The molecule has 0 spiro atoms. The lowest BCUT2D eigenvalue weighted by Crippen LogP contribution is -2.28. The second kappa shape index (κ2) is 8.51. The van der Waals surface area contributed by atoms with Gasteiger partial charge in [-0.3, -0.25) is 4.79 Å². The van der Waals surface area contributed by atoms with E-state index in [1.165, 1.54) is 10.7 Å². The molecule has 1 aromatic heterocycles. The molecule has 150 valence electrons. The Hall–Kier alpha value is -3.44. The average molecular weight is 420 g/mol. The van der Waals surface area contributed by atoms with Crippen molar-refractivity contribution in [3.8, 4) is 16.9 Å². The van der Waals surface area contributed by atoms with Crippen LogP contribution in [0, 0.1) is 5.82 Å². The van der Waals surface area contributed by atoms with Crippen LogP contribution < -0.4 is 5.32 Å². The Bertz CT molecular complexity index is 1170. The van der Waals surface area contributed by atoms with Gasteiger partial charge in [0.25, 0.3) is 5.91 Å². The van der Waals surface area contributed by atoms with Crippen LogP contribution in [0.2, 0.25) is 5.02 Å². The fourth-order valence-corrected chi connectivity index (χ4v) is 3.34. The molecule has 6 heteroatoms. The van der Waals surface area contributed by atoms with Gasteiger partial charge in [-0.25, -0.2) is 9.07 Å². The molecule has 4 aromatic rings. The van der Waals surface area contributed by atoms with E-state index >= 15 is 0 Å². The summed E-state index contributed by atoms with van der Waals surface area (Å²) in [4.78, 5) is 13.1. The van der Waals surface area contributed by atoms with Gasteiger partial charge in [-0.05, 0) is 55.0 Å². The zero-order valence-electron chi connectivity index (χ0n) is 16.2. The third-order valence-corrected chi connectivity index (χ3v) is 5.06. The summed E-state index contributed by atoms with van der Waals surface area (Å²) in [5.41, 5.74) is 2.64. The highest BCUT2D eigenvalue weighted by atomic mass is 35.5. The van der Waals surface area contributed by atoms with Crippen molar-refractivity contribution in [1.82, 2.24) is 15.1 Å². The van der Waals surface area contributed by atoms with Gasteiger partial charge >= 0.3 is 0 Å². The van der Waals surface area contributed by atoms with Gasteiger partial charge in [0, 0.05) is 10.6 Å². The fourth-order valence-electron chi connectivity index (χ4n) is 3.22. The van der Waals surface area contributed by atoms with Crippen molar-refractivity contribution in [2.45, 2.75) is 13.0 Å². The molecule has 0 radical (unpaired) electrons. The van der Waals surface area contributed by atoms with E-state index < -0.39 is 5.82 Å². The fraction of sp³-hybridized carbons (Fsp3) is 0.0833. The van der Waals surface area contributed by atoms with Gasteiger partial charge in [0.1, 0.15) is 11.5 Å². The lowest BCUT2D eigenvalue weighted by atomic mass is 10.1. The predicted octanol–water partition coefficient (Wildman–Crippen LogP) is 5.82. The monoisotopic (exact) mass is 419 g/mol. The normalized spacial score (nSPS) is 11.8. The van der Waals surface area contributed by atoms with Crippen LogP contribution >= 0.6 is 11.6 Å². The third-order valence-electron chi connectivity index (χ3n) is 4.81. The maximum Gasteiger partial charge on any atom is 0.270 e. The van der Waals surface area contributed by atoms with Crippen LogP contribution in [0.1, 0.15) is 29.0 Å². The molecule has 0 bridgehead atoms. The Morgan fingerprint density at radius 1 is 1.00 bits per heavy atom. The molecule has 0 aliphatic rings. The number of halogens is 2. The maximum atomic E-state index is 14.3. The zero-order valence-corrected chi connectivity index (χ0v) is 17.0. The molecule has 0 saturated heterocycles. The molecule has 0 fully saturated rings. The topological polar surface area (TPSA) is 46.9 Å². The average Bonchev–Trinajstić information content (AvgIpc) is 3.20. The van der Waals surface area contributed by atoms with E-state index in [2.05, 4.69) is 10.4 Å². The minimum atomic E-state index is -0.400. The molecule has 0 aliphatic heterocycles. The molecular weight excluding hydrogens is 401 g/mol. The summed E-state index contributed by atoms with van der Waals surface area (Å²) in [7, 11) is 0. The SMILES string of the molecule is CC(NC(=O)c1cc(-c2ccccc2F)nn1-c1ccc(Cl)cc1)c1ccccc1. The third kappa shape index (κ3) is 4.11. The first-order valence-corrected chi connectivity index (χ1v) is 9.87. The molecule has 1 unspecified atom stereocenters. The first-order chi connectivity index (χ1) is 14.5. The summed E-state index contributed by atoms with van der Waals surface area (Å²) in [6.45, 7) is 1.91. The van der Waals surface area contributed by atoms with Gasteiger partial charge in [0.05, 0.1) is 17.4 Å². The number of hydrogen-bond donors (Lipinski definition) is 1. The Morgan fingerprint density at radius 3 is 2.37 bits per heavy atom. The van der Waals surface area contributed by atoms with Crippen LogP contribution in [0.25, 0.3) is 16.9 Å². The van der Waals surface area contributed by atoms with Crippen LogP contribution in [0.3, 0.4) is 0 Å². The number of benzene rings is 3. The van der Waals surface area contributed by atoms with Crippen molar-refractivity contribution in [2.24, 2.45) is 0 Å². The van der Waals surface area contributed by atoms with Crippen LogP contribution in [-0.2, 0) is 0 Å². The largest absolute Gasteiger partial charge is 0.344 e. The minimum absolute atomic E-state index is 0.204. The molecule has 0 aliphatic carbocycles. The van der Waals surface area contributed by atoms with Crippen molar-refractivity contribution in [2.75, 3.05) is 0 Å². The second-order valence-electron chi connectivity index (χ2n) is 6.89. The molecule has 3 aromatic carbocycles. The zero-order chi connectivity index (χ0) is 21.1. The number of amides is 1. The van der Waals surface area contributed by atoms with Crippen LogP contribution in [0.5, 0.6) is 0 Å². The van der Waals surface area contributed by atoms with Crippen molar-refractivity contribution >= 4 is 17.5 Å². The van der Waals surface area contributed by atoms with Gasteiger partial charge in [-0.15, -0.1) is 0 Å². The van der Waals surface area contributed by atoms with Crippen LogP contribution in [0.15, 0.2) is 84.9 Å². The van der Waals surface area contributed by atoms with Gasteiger partial charge in [-0.2, -0.15) is 5.10 Å². The van der Waals surface area contributed by atoms with Gasteiger partial charge < -0.3 is 5.32 Å². The lowest BCUT2D eigenvalue weighted by molar-refractivity contribution is 0.0932. The standard InChI is InChI=1S/C24H19ClFN3O/c1-16(17-7-3-2-4-8-17)27-24(30)23-15-22(20-9-5-6-10-21(20)26)28-29(23)19-13-11-18(25)12-14-19/h2-16H,1H3,(H,27,30). The molecule has 4 nitrogen and oxygen atoms in total. The van der Waals surface area contributed by atoms with Gasteiger partial charge in [0.15, 0.2) is 0 Å². The van der Waals surface area contributed by atoms with E-state index in [0.717, 1.165) is 5.56 Å². The molecule has 1 amide bonds. The van der Waals surface area contributed by atoms with Crippen molar-refractivity contribution < 1.29 is 9.18 Å². The van der Waals surface area contributed by atoms with Crippen molar-refractivity contribution in [3.05, 3.63) is 107 Å². The summed E-state index contributed by atoms with van der Waals surface area (Å²) in [5.74, 6) is -0.709. The minimum Gasteiger partial charge on any atom is -0.344 e. The molecule has 4 rings (SSSR count). The van der Waals surface area contributed by atoms with Crippen LogP contribution in [0.4, 0.5) is 4.39 Å². The van der Waals surface area contributed by atoms with Crippen molar-refractivity contribution in [1.29, 1.82) is 0 Å². The van der Waals surface area contributed by atoms with E-state index in [4.69, 9.17) is 11.6 Å². The summed E-state index contributed by atoms with van der Waals surface area (Å²) < 4.78 is 15.8. The quantitative estimate of drug-likeness (QED) is 0.443. The summed E-state index contributed by atoms with van der Waals surface area (Å²) in [6.07, 6.45) is 0. The van der Waals surface area contributed by atoms with E-state index in [0.29, 0.717) is 27.7 Å². The second-order valence-corrected chi connectivity index (χ2v) is 7.33. The van der Waals surface area contributed by atoms with Gasteiger partial charge in [-0.1, -0.05) is 54.1 Å². The highest BCUT2D eigenvalue weighted by Crippen LogP contribution is 2.25. The molecule has 1 heterocycles. The van der Waals surface area contributed by atoms with E-state index in [9.17, 15) is 9.18 Å². The maximum absolute atomic E-state index is 14.3. The van der Waals surface area contributed by atoms with E-state index in [-0.39, 0.29) is 11.9 Å². The van der Waals surface area contributed by atoms with Gasteiger partial charge in [0.2, 0.25) is 0 Å². The molecular formula is C24H19ClFN3O. The lowest BCUT2D eigenvalue weighted by Gasteiger charge is -2.15. The van der Waals surface area contributed by atoms with Crippen molar-refractivity contribution in [3.63, 3.8) is 0 Å². The highest BCUT2D eigenvalue weighted by Gasteiger charge is 2.20. The Balaban J connectivity index is 1.74. The first-order valence-electron chi connectivity index (χ1n) is 9.49.